The number of nitrogens with one attached hydrogen (secondary N) is 1. The summed E-state index contributed by atoms with van der Waals surface area (Å²) in [6, 6.07) is 0. The molecule has 0 fully saturated rings. The first-order valence-corrected chi connectivity index (χ1v) is 5.01. The van der Waals surface area contributed by atoms with Crippen molar-refractivity contribution in [3.8, 4) is 0 Å². The van der Waals surface area contributed by atoms with Crippen molar-refractivity contribution >= 4 is 23.4 Å². The highest BCUT2D eigenvalue weighted by Gasteiger charge is 2.22. The largest absolute Gasteiger partial charge is 0.381 e. The van der Waals surface area contributed by atoms with Gasteiger partial charge in [0.1, 0.15) is 11.8 Å². The van der Waals surface area contributed by atoms with Gasteiger partial charge in [-0.05, 0) is 0 Å². The average Bonchev–Trinajstić information content (AvgIpc) is 2.28. The molecule has 8 heteroatoms. The molecule has 0 aliphatic carbocycles. The fourth-order valence-corrected chi connectivity index (χ4v) is 1.22. The van der Waals surface area contributed by atoms with Crippen LogP contribution in [0.1, 0.15) is 12.8 Å². The van der Waals surface area contributed by atoms with Gasteiger partial charge >= 0.3 is 0 Å². The van der Waals surface area contributed by atoms with Gasteiger partial charge in [0.25, 0.3) is 5.91 Å². The van der Waals surface area contributed by atoms with Gasteiger partial charge in [-0.2, -0.15) is 5.10 Å². The second-order valence-corrected chi connectivity index (χ2v) is 3.59. The molecule has 4 N–H and O–H groups in total. The highest BCUT2D eigenvalue weighted by molar-refractivity contribution is 6.39. The van der Waals surface area contributed by atoms with Crippen LogP contribution >= 0.6 is 0 Å². The summed E-state index contributed by atoms with van der Waals surface area (Å²) in [5, 5.41) is 16.2. The van der Waals surface area contributed by atoms with E-state index in [0.717, 1.165) is 5.01 Å². The number of aliphatic hydroxyl groups is 1. The lowest BCUT2D eigenvalue weighted by Crippen LogP contribution is -2.43. The molecule has 1 atom stereocenters. The molecule has 1 heterocycles. The zero-order valence-electron chi connectivity index (χ0n) is 9.34. The maximum Gasteiger partial charge on any atom is 0.267 e. The van der Waals surface area contributed by atoms with Crippen LogP contribution in [-0.2, 0) is 14.4 Å². The van der Waals surface area contributed by atoms with Gasteiger partial charge in [0.05, 0.1) is 6.54 Å². The standard InChI is InChI=1S/C9H14N4O4/c1-13-7(15)3-2-5(12-13)9(17)11-4-6(14)8(10)16/h6,14H,2-4H2,1H3,(H2,10,16)(H,11,17). The van der Waals surface area contributed by atoms with Crippen LogP contribution in [0.4, 0.5) is 0 Å². The van der Waals surface area contributed by atoms with Gasteiger partial charge in [0, 0.05) is 19.9 Å². The van der Waals surface area contributed by atoms with Crippen molar-refractivity contribution in [1.82, 2.24) is 10.3 Å². The highest BCUT2D eigenvalue weighted by atomic mass is 16.3. The molecule has 8 nitrogen and oxygen atoms in total. The number of rotatable bonds is 4. The van der Waals surface area contributed by atoms with Gasteiger partial charge in [-0.3, -0.25) is 14.4 Å². The molecule has 94 valence electrons. The summed E-state index contributed by atoms with van der Waals surface area (Å²) >= 11 is 0. The molecular formula is C9H14N4O4. The van der Waals surface area contributed by atoms with E-state index in [9.17, 15) is 14.4 Å². The molecule has 1 aliphatic heterocycles. The van der Waals surface area contributed by atoms with Crippen molar-refractivity contribution in [3.63, 3.8) is 0 Å². The van der Waals surface area contributed by atoms with Gasteiger partial charge in [0.2, 0.25) is 11.8 Å². The minimum absolute atomic E-state index is 0.168. The van der Waals surface area contributed by atoms with Crippen molar-refractivity contribution in [2.24, 2.45) is 10.8 Å². The molecule has 3 amide bonds. The summed E-state index contributed by atoms with van der Waals surface area (Å²) in [7, 11) is 1.45. The smallest absolute Gasteiger partial charge is 0.267 e. The van der Waals surface area contributed by atoms with Crippen LogP contribution in [0.25, 0.3) is 0 Å². The number of nitrogens with two attached hydrogens (primary N) is 1. The fourth-order valence-electron chi connectivity index (χ4n) is 1.22. The predicted molar refractivity (Wildman–Crippen MR) is 57.6 cm³/mol. The van der Waals surface area contributed by atoms with E-state index in [1.807, 2.05) is 0 Å². The van der Waals surface area contributed by atoms with Crippen molar-refractivity contribution in [1.29, 1.82) is 0 Å². The Morgan fingerprint density at radius 2 is 2.24 bits per heavy atom. The fraction of sp³-hybridized carbons (Fsp3) is 0.556. The minimum atomic E-state index is -1.43. The minimum Gasteiger partial charge on any atom is -0.381 e. The predicted octanol–water partition coefficient (Wildman–Crippen LogP) is -2.44. The van der Waals surface area contributed by atoms with E-state index in [1.165, 1.54) is 7.05 Å². The summed E-state index contributed by atoms with van der Waals surface area (Å²) in [6.45, 7) is -0.273. The molecule has 0 aromatic heterocycles. The van der Waals surface area contributed by atoms with Gasteiger partial charge in [-0.15, -0.1) is 0 Å². The second kappa shape index (κ2) is 5.39. The van der Waals surface area contributed by atoms with Gasteiger partial charge in [-0.25, -0.2) is 5.01 Å². The summed E-state index contributed by atoms with van der Waals surface area (Å²) in [6.07, 6.45) is -0.981. The maximum atomic E-state index is 11.5. The Kier molecular flexibility index (Phi) is 4.16. The van der Waals surface area contributed by atoms with Crippen molar-refractivity contribution < 1.29 is 19.5 Å². The molecule has 0 aromatic rings. The van der Waals surface area contributed by atoms with Crippen molar-refractivity contribution in [2.45, 2.75) is 18.9 Å². The molecule has 0 aromatic carbocycles. The molecular weight excluding hydrogens is 228 g/mol. The molecule has 0 saturated carbocycles. The van der Waals surface area contributed by atoms with Crippen molar-refractivity contribution in [2.75, 3.05) is 13.6 Å². The summed E-state index contributed by atoms with van der Waals surface area (Å²) in [4.78, 5) is 33.2. The van der Waals surface area contributed by atoms with Crippen LogP contribution in [-0.4, -0.2) is 53.2 Å². The molecule has 1 aliphatic rings. The number of primary amides is 1. The third-order valence-electron chi connectivity index (χ3n) is 2.25. The second-order valence-electron chi connectivity index (χ2n) is 3.59. The van der Waals surface area contributed by atoms with Gasteiger partial charge < -0.3 is 16.2 Å². The quantitative estimate of drug-likeness (QED) is 0.506. The van der Waals surface area contributed by atoms with E-state index in [2.05, 4.69) is 10.4 Å². The lowest BCUT2D eigenvalue weighted by Gasteiger charge is -2.19. The lowest BCUT2D eigenvalue weighted by molar-refractivity contribution is -0.130. The molecule has 0 radical (unpaired) electrons. The highest BCUT2D eigenvalue weighted by Crippen LogP contribution is 2.06. The number of nitrogens with zero attached hydrogens (tertiary/aromatic N) is 2. The van der Waals surface area contributed by atoms with E-state index < -0.39 is 17.9 Å². The topological polar surface area (TPSA) is 125 Å². The number of aliphatic hydroxyl groups excluding tert-OH is 1. The number of carbonyl (C=O) groups is 3. The zero-order valence-corrected chi connectivity index (χ0v) is 9.34. The van der Waals surface area contributed by atoms with Crippen LogP contribution in [0.15, 0.2) is 5.10 Å². The Morgan fingerprint density at radius 3 is 2.76 bits per heavy atom. The molecule has 17 heavy (non-hydrogen) atoms. The summed E-state index contributed by atoms with van der Waals surface area (Å²) < 4.78 is 0. The first kappa shape index (κ1) is 13.1. The van der Waals surface area contributed by atoms with Crippen LogP contribution in [0.3, 0.4) is 0 Å². The Bertz CT molecular complexity index is 379. The van der Waals surface area contributed by atoms with Crippen LogP contribution in [0.2, 0.25) is 0 Å². The monoisotopic (exact) mass is 242 g/mol. The number of carbonyl (C=O) groups excluding carboxylic acids is 3. The normalized spacial score (nSPS) is 17.4. The Labute approximate surface area is 97.4 Å². The first-order chi connectivity index (χ1) is 7.91. The molecule has 1 unspecified atom stereocenters. The number of hydrazone groups is 1. The third kappa shape index (κ3) is 3.52. The molecule has 0 bridgehead atoms. The number of hydrogen-bond acceptors (Lipinski definition) is 5. The Morgan fingerprint density at radius 1 is 1.59 bits per heavy atom. The van der Waals surface area contributed by atoms with E-state index >= 15 is 0 Å². The third-order valence-corrected chi connectivity index (χ3v) is 2.25. The molecule has 1 rings (SSSR count). The SMILES string of the molecule is CN1N=C(C(=O)NCC(O)C(N)=O)CCC1=O. The van der Waals surface area contributed by atoms with Gasteiger partial charge in [0.15, 0.2) is 0 Å². The number of hydrogen-bond donors (Lipinski definition) is 3. The zero-order chi connectivity index (χ0) is 13.0. The van der Waals surface area contributed by atoms with E-state index in [4.69, 9.17) is 10.8 Å². The Balaban J connectivity index is 2.51. The molecule has 0 spiro atoms. The van der Waals surface area contributed by atoms with E-state index in [-0.39, 0.29) is 31.0 Å². The summed E-state index contributed by atoms with van der Waals surface area (Å²) in [5.41, 5.74) is 5.00. The van der Waals surface area contributed by atoms with Gasteiger partial charge in [-0.1, -0.05) is 0 Å². The number of amides is 3. The van der Waals surface area contributed by atoms with Crippen LogP contribution in [0.5, 0.6) is 0 Å². The first-order valence-electron chi connectivity index (χ1n) is 5.01. The van der Waals surface area contributed by atoms with E-state index in [0.29, 0.717) is 0 Å². The Hall–Kier alpha value is -1.96. The molecule has 0 saturated heterocycles. The van der Waals surface area contributed by atoms with Crippen LogP contribution in [0, 0.1) is 0 Å². The maximum absolute atomic E-state index is 11.5. The lowest BCUT2D eigenvalue weighted by atomic mass is 10.1. The average molecular weight is 242 g/mol. The van der Waals surface area contributed by atoms with Crippen molar-refractivity contribution in [3.05, 3.63) is 0 Å². The van der Waals surface area contributed by atoms with Crippen LogP contribution < -0.4 is 11.1 Å². The summed E-state index contributed by atoms with van der Waals surface area (Å²) in [5.74, 6) is -1.61. The van der Waals surface area contributed by atoms with E-state index in [1.54, 1.807) is 0 Å².